The fourth-order valence-electron chi connectivity index (χ4n) is 3.68. The van der Waals surface area contributed by atoms with Gasteiger partial charge in [0.25, 0.3) is 0 Å². The van der Waals surface area contributed by atoms with Gasteiger partial charge < -0.3 is 9.32 Å². The summed E-state index contributed by atoms with van der Waals surface area (Å²) in [5.41, 5.74) is 1.83. The first-order valence-corrected chi connectivity index (χ1v) is 10.9. The molecule has 0 aliphatic carbocycles. The highest BCUT2D eigenvalue weighted by atomic mass is 16.3. The monoisotopic (exact) mass is 399 g/mol. The maximum atomic E-state index is 13.5. The Morgan fingerprint density at radius 3 is 2.17 bits per heavy atom. The molecule has 4 heteroatoms. The molecule has 1 unspecified atom stereocenters. The lowest BCUT2D eigenvalue weighted by molar-refractivity contribution is -0.142. The predicted octanol–water partition coefficient (Wildman–Crippen LogP) is 5.74. The van der Waals surface area contributed by atoms with Crippen LogP contribution in [0.4, 0.5) is 0 Å². The van der Waals surface area contributed by atoms with E-state index in [2.05, 4.69) is 41.5 Å². The van der Waals surface area contributed by atoms with Crippen molar-refractivity contribution in [2.24, 2.45) is 23.7 Å². The zero-order valence-electron chi connectivity index (χ0n) is 18.9. The van der Waals surface area contributed by atoms with Crippen molar-refractivity contribution < 1.29 is 14.0 Å². The number of furan rings is 1. The van der Waals surface area contributed by atoms with Crippen LogP contribution in [0.5, 0.6) is 0 Å². The van der Waals surface area contributed by atoms with E-state index in [1.807, 2.05) is 29.2 Å². The van der Waals surface area contributed by atoms with Crippen molar-refractivity contribution in [2.45, 2.75) is 60.8 Å². The smallest absolute Gasteiger partial charge is 0.233 e. The predicted molar refractivity (Wildman–Crippen MR) is 119 cm³/mol. The Balaban J connectivity index is 2.28. The summed E-state index contributed by atoms with van der Waals surface area (Å²) < 4.78 is 5.42. The maximum absolute atomic E-state index is 13.5. The molecule has 2 rings (SSSR count). The molecule has 0 aliphatic heterocycles. The first kappa shape index (κ1) is 23.2. The van der Waals surface area contributed by atoms with Crippen molar-refractivity contribution in [1.82, 2.24) is 4.90 Å². The standard InChI is InChI=1S/C25H37NO3/c1-17(2)7-9-23(27)22(25(28)26(15-18(3)4)16-19(5)6)14-20-8-10-24-21(13-20)11-12-29-24/h8,10-13,17-19,22H,7,9,14-16H2,1-6H3. The van der Waals surface area contributed by atoms with Crippen molar-refractivity contribution in [3.63, 3.8) is 0 Å². The Kier molecular flexibility index (Phi) is 8.48. The minimum Gasteiger partial charge on any atom is -0.464 e. The first-order valence-electron chi connectivity index (χ1n) is 10.9. The molecule has 1 aromatic heterocycles. The summed E-state index contributed by atoms with van der Waals surface area (Å²) in [5, 5.41) is 1.00. The molecule has 2 aromatic rings. The van der Waals surface area contributed by atoms with Gasteiger partial charge in [-0.25, -0.2) is 0 Å². The number of nitrogens with zero attached hydrogens (tertiary/aromatic N) is 1. The average molecular weight is 400 g/mol. The van der Waals surface area contributed by atoms with E-state index in [1.165, 1.54) is 0 Å². The Hall–Kier alpha value is -2.10. The highest BCUT2D eigenvalue weighted by molar-refractivity contribution is 6.01. The number of ketones is 1. The third kappa shape index (κ3) is 7.02. The Morgan fingerprint density at radius 2 is 1.59 bits per heavy atom. The van der Waals surface area contributed by atoms with Crippen LogP contribution in [0.25, 0.3) is 11.0 Å². The van der Waals surface area contributed by atoms with Crippen LogP contribution in [0.2, 0.25) is 0 Å². The van der Waals surface area contributed by atoms with E-state index in [-0.39, 0.29) is 11.7 Å². The Morgan fingerprint density at radius 1 is 0.931 bits per heavy atom. The fourth-order valence-corrected chi connectivity index (χ4v) is 3.68. The molecule has 160 valence electrons. The highest BCUT2D eigenvalue weighted by Gasteiger charge is 2.31. The highest BCUT2D eigenvalue weighted by Crippen LogP contribution is 2.22. The molecular formula is C25H37NO3. The van der Waals surface area contributed by atoms with Crippen LogP contribution in [0.3, 0.4) is 0 Å². The summed E-state index contributed by atoms with van der Waals surface area (Å²) in [6.07, 6.45) is 3.39. The van der Waals surface area contributed by atoms with Crippen molar-refractivity contribution >= 4 is 22.7 Å². The number of fused-ring (bicyclic) bond motifs is 1. The molecule has 1 heterocycles. The second-order valence-electron chi connectivity index (χ2n) is 9.48. The number of amides is 1. The Bertz CT molecular complexity index is 793. The summed E-state index contributed by atoms with van der Waals surface area (Å²) >= 11 is 0. The zero-order chi connectivity index (χ0) is 21.6. The second-order valence-corrected chi connectivity index (χ2v) is 9.48. The maximum Gasteiger partial charge on any atom is 0.233 e. The minimum atomic E-state index is -0.615. The topological polar surface area (TPSA) is 50.5 Å². The molecule has 0 saturated carbocycles. The van der Waals surface area contributed by atoms with Crippen molar-refractivity contribution in [1.29, 1.82) is 0 Å². The molecular weight excluding hydrogens is 362 g/mol. The fraction of sp³-hybridized carbons (Fsp3) is 0.600. The molecule has 1 amide bonds. The number of hydrogen-bond donors (Lipinski definition) is 0. The molecule has 0 aliphatic rings. The Labute approximate surface area is 175 Å². The molecule has 1 atom stereocenters. The lowest BCUT2D eigenvalue weighted by Crippen LogP contribution is -2.44. The number of carbonyl (C=O) groups is 2. The molecule has 1 aromatic carbocycles. The quantitative estimate of drug-likeness (QED) is 0.453. The van der Waals surface area contributed by atoms with Gasteiger partial charge >= 0.3 is 0 Å². The average Bonchev–Trinajstić information content (AvgIpc) is 3.10. The largest absolute Gasteiger partial charge is 0.464 e. The van der Waals surface area contributed by atoms with Gasteiger partial charge in [-0.15, -0.1) is 0 Å². The molecule has 4 nitrogen and oxygen atoms in total. The van der Waals surface area contributed by atoms with Gasteiger partial charge in [0.1, 0.15) is 17.3 Å². The van der Waals surface area contributed by atoms with Gasteiger partial charge in [-0.2, -0.15) is 0 Å². The second kappa shape index (κ2) is 10.6. The van der Waals surface area contributed by atoms with Crippen molar-refractivity contribution in [2.75, 3.05) is 13.1 Å². The van der Waals surface area contributed by atoms with Crippen LogP contribution >= 0.6 is 0 Å². The number of Topliss-reactive ketones (excluding diaryl/α,β-unsaturated/α-hetero) is 1. The van der Waals surface area contributed by atoms with Crippen molar-refractivity contribution in [3.05, 3.63) is 36.1 Å². The van der Waals surface area contributed by atoms with E-state index in [0.29, 0.717) is 43.7 Å². The number of benzene rings is 1. The molecule has 0 spiro atoms. The molecule has 0 fully saturated rings. The van der Waals surface area contributed by atoms with Crippen LogP contribution in [0.15, 0.2) is 34.9 Å². The summed E-state index contributed by atoms with van der Waals surface area (Å²) in [6, 6.07) is 7.84. The van der Waals surface area contributed by atoms with Crippen LogP contribution in [-0.2, 0) is 16.0 Å². The summed E-state index contributed by atoms with van der Waals surface area (Å²) in [4.78, 5) is 28.5. The third-order valence-electron chi connectivity index (χ3n) is 5.09. The van der Waals surface area contributed by atoms with E-state index < -0.39 is 5.92 Å². The first-order chi connectivity index (χ1) is 13.7. The van der Waals surface area contributed by atoms with Gasteiger partial charge in [0.2, 0.25) is 5.91 Å². The normalized spacial score (nSPS) is 12.9. The molecule has 0 bridgehead atoms. The summed E-state index contributed by atoms with van der Waals surface area (Å²) in [6.45, 7) is 14.1. The third-order valence-corrected chi connectivity index (χ3v) is 5.09. The van der Waals surface area contributed by atoms with E-state index >= 15 is 0 Å². The lowest BCUT2D eigenvalue weighted by atomic mass is 9.89. The van der Waals surface area contributed by atoms with E-state index in [9.17, 15) is 9.59 Å². The van der Waals surface area contributed by atoms with E-state index in [0.717, 1.165) is 23.0 Å². The van der Waals surface area contributed by atoms with Gasteiger partial charge in [-0.05, 0) is 54.4 Å². The molecule has 0 saturated heterocycles. The van der Waals surface area contributed by atoms with Crippen LogP contribution < -0.4 is 0 Å². The van der Waals surface area contributed by atoms with Crippen LogP contribution in [0, 0.1) is 23.7 Å². The van der Waals surface area contributed by atoms with Gasteiger partial charge in [0.05, 0.1) is 6.26 Å². The van der Waals surface area contributed by atoms with Crippen LogP contribution in [-0.4, -0.2) is 29.7 Å². The van der Waals surface area contributed by atoms with E-state index in [4.69, 9.17) is 4.42 Å². The number of rotatable bonds is 11. The molecule has 29 heavy (non-hydrogen) atoms. The molecule has 0 N–H and O–H groups in total. The zero-order valence-corrected chi connectivity index (χ0v) is 18.9. The van der Waals surface area contributed by atoms with E-state index in [1.54, 1.807) is 6.26 Å². The number of carbonyl (C=O) groups excluding carboxylic acids is 2. The summed E-state index contributed by atoms with van der Waals surface area (Å²) in [7, 11) is 0. The van der Waals surface area contributed by atoms with Gasteiger partial charge in [-0.1, -0.05) is 47.6 Å². The SMILES string of the molecule is CC(C)CCC(=O)C(Cc1ccc2occc2c1)C(=O)N(CC(C)C)CC(C)C. The molecule has 0 radical (unpaired) electrons. The minimum absolute atomic E-state index is 0.0200. The van der Waals surface area contributed by atoms with Gasteiger partial charge in [0.15, 0.2) is 0 Å². The lowest BCUT2D eigenvalue weighted by Gasteiger charge is -2.30. The van der Waals surface area contributed by atoms with Gasteiger partial charge in [0, 0.05) is 24.9 Å². The van der Waals surface area contributed by atoms with Crippen LogP contribution in [0.1, 0.15) is 59.9 Å². The summed E-state index contributed by atoms with van der Waals surface area (Å²) in [5.74, 6) is 0.606. The van der Waals surface area contributed by atoms with Crippen molar-refractivity contribution in [3.8, 4) is 0 Å². The van der Waals surface area contributed by atoms with Gasteiger partial charge in [-0.3, -0.25) is 9.59 Å². The number of hydrogen-bond acceptors (Lipinski definition) is 3.